The number of amides is 3. The predicted molar refractivity (Wildman–Crippen MR) is 112 cm³/mol. The molecule has 0 aliphatic carbocycles. The smallest absolute Gasteiger partial charge is 0.269 e. The third-order valence-corrected chi connectivity index (χ3v) is 5.59. The highest BCUT2D eigenvalue weighted by Gasteiger charge is 2.29. The van der Waals surface area contributed by atoms with Crippen LogP contribution in [0.2, 0.25) is 0 Å². The summed E-state index contributed by atoms with van der Waals surface area (Å²) in [7, 11) is 3.00. The molecule has 0 spiro atoms. The minimum atomic E-state index is -0.455. The van der Waals surface area contributed by atoms with Crippen LogP contribution < -0.4 is 20.3 Å². The van der Waals surface area contributed by atoms with Crippen molar-refractivity contribution in [3.63, 3.8) is 0 Å². The summed E-state index contributed by atoms with van der Waals surface area (Å²) in [5.41, 5.74) is 5.19. The normalized spacial score (nSPS) is 17.7. The number of carbonyl (C=O) groups is 3. The van der Waals surface area contributed by atoms with E-state index in [1.54, 1.807) is 12.1 Å². The van der Waals surface area contributed by atoms with Gasteiger partial charge in [0.15, 0.2) is 11.5 Å². The predicted octanol–water partition coefficient (Wildman–Crippen LogP) is 0.0356. The van der Waals surface area contributed by atoms with Gasteiger partial charge >= 0.3 is 0 Å². The van der Waals surface area contributed by atoms with Crippen molar-refractivity contribution in [2.24, 2.45) is 5.92 Å². The lowest BCUT2D eigenvalue weighted by Gasteiger charge is -2.35. The fraction of sp³-hybridized carbons (Fsp3) is 0.571. The van der Waals surface area contributed by atoms with E-state index in [0.717, 1.165) is 12.8 Å². The summed E-state index contributed by atoms with van der Waals surface area (Å²) in [4.78, 5) is 41.0. The van der Waals surface area contributed by atoms with Crippen LogP contribution in [0, 0.1) is 5.92 Å². The Balaban J connectivity index is 1.40. The molecule has 0 unspecified atom stereocenters. The van der Waals surface area contributed by atoms with Crippen molar-refractivity contribution in [1.29, 1.82) is 0 Å². The molecule has 10 nitrogen and oxygen atoms in total. The summed E-state index contributed by atoms with van der Waals surface area (Å²) < 4.78 is 15.6. The highest BCUT2D eigenvalue weighted by molar-refractivity contribution is 5.96. The number of nitrogens with one attached hydrogen (secondary N) is 2. The van der Waals surface area contributed by atoms with Crippen LogP contribution >= 0.6 is 0 Å². The Bertz CT molecular complexity index is 788. The molecule has 1 aromatic rings. The van der Waals surface area contributed by atoms with Gasteiger partial charge in [-0.05, 0) is 44.1 Å². The largest absolute Gasteiger partial charge is 0.493 e. The van der Waals surface area contributed by atoms with Gasteiger partial charge in [-0.2, -0.15) is 0 Å². The van der Waals surface area contributed by atoms with Crippen LogP contribution in [0.3, 0.4) is 0 Å². The van der Waals surface area contributed by atoms with E-state index in [1.807, 2.05) is 9.80 Å². The molecule has 2 aliphatic heterocycles. The van der Waals surface area contributed by atoms with Crippen molar-refractivity contribution in [1.82, 2.24) is 20.7 Å². The Morgan fingerprint density at radius 3 is 2.32 bits per heavy atom. The van der Waals surface area contributed by atoms with Crippen LogP contribution in [-0.2, 0) is 14.3 Å². The molecule has 170 valence electrons. The molecule has 0 saturated carbocycles. The molecule has 31 heavy (non-hydrogen) atoms. The number of carbonyl (C=O) groups excluding carboxylic acids is 3. The van der Waals surface area contributed by atoms with Crippen LogP contribution in [0.1, 0.15) is 23.2 Å². The van der Waals surface area contributed by atoms with Crippen LogP contribution in [0.25, 0.3) is 0 Å². The van der Waals surface area contributed by atoms with E-state index in [9.17, 15) is 14.4 Å². The van der Waals surface area contributed by atoms with E-state index in [4.69, 9.17) is 14.2 Å². The number of methoxy groups -OCH3 is 2. The maximum atomic E-state index is 12.6. The zero-order valence-corrected chi connectivity index (χ0v) is 18.0. The number of hydrogen-bond donors (Lipinski definition) is 2. The average Bonchev–Trinajstić information content (AvgIpc) is 2.82. The summed E-state index contributed by atoms with van der Waals surface area (Å²) in [5, 5.41) is 0. The number of piperidine rings is 1. The van der Waals surface area contributed by atoms with E-state index in [0.29, 0.717) is 56.5 Å². The van der Waals surface area contributed by atoms with Gasteiger partial charge in [-0.1, -0.05) is 0 Å². The third kappa shape index (κ3) is 6.08. The lowest BCUT2D eigenvalue weighted by atomic mass is 9.95. The Morgan fingerprint density at radius 1 is 1.00 bits per heavy atom. The van der Waals surface area contributed by atoms with E-state index in [1.165, 1.54) is 20.3 Å². The van der Waals surface area contributed by atoms with Crippen LogP contribution in [0.4, 0.5) is 0 Å². The number of benzene rings is 1. The van der Waals surface area contributed by atoms with Crippen molar-refractivity contribution < 1.29 is 28.6 Å². The Hall–Kier alpha value is -2.85. The van der Waals surface area contributed by atoms with Crippen molar-refractivity contribution in [3.8, 4) is 11.5 Å². The third-order valence-electron chi connectivity index (χ3n) is 5.59. The molecular formula is C21H30N4O6. The van der Waals surface area contributed by atoms with Gasteiger partial charge in [-0.15, -0.1) is 0 Å². The molecule has 3 rings (SSSR count). The van der Waals surface area contributed by atoms with Gasteiger partial charge in [0.1, 0.15) is 0 Å². The maximum Gasteiger partial charge on any atom is 0.269 e. The molecule has 2 heterocycles. The highest BCUT2D eigenvalue weighted by Crippen LogP contribution is 2.27. The Morgan fingerprint density at radius 2 is 1.68 bits per heavy atom. The van der Waals surface area contributed by atoms with Crippen molar-refractivity contribution in [2.45, 2.75) is 12.8 Å². The van der Waals surface area contributed by atoms with Crippen LogP contribution in [0.15, 0.2) is 18.2 Å². The van der Waals surface area contributed by atoms with Crippen LogP contribution in [0.5, 0.6) is 11.5 Å². The van der Waals surface area contributed by atoms with Crippen molar-refractivity contribution in [3.05, 3.63) is 23.8 Å². The Kier molecular flexibility index (Phi) is 8.07. The van der Waals surface area contributed by atoms with E-state index in [-0.39, 0.29) is 24.3 Å². The van der Waals surface area contributed by atoms with Gasteiger partial charge in [0.05, 0.1) is 34.0 Å². The SMILES string of the molecule is COc1ccc(C(=O)NNC(=O)CN2CCC(C(=O)N3CCOCC3)CC2)cc1OC. The van der Waals surface area contributed by atoms with Gasteiger partial charge < -0.3 is 19.1 Å². The number of hydrogen-bond acceptors (Lipinski definition) is 7. The number of nitrogens with zero attached hydrogens (tertiary/aromatic N) is 2. The molecule has 3 amide bonds. The zero-order chi connectivity index (χ0) is 22.2. The number of morpholine rings is 1. The molecule has 2 aliphatic rings. The minimum absolute atomic E-state index is 0.00201. The molecule has 0 bridgehead atoms. The molecule has 2 fully saturated rings. The first-order valence-electron chi connectivity index (χ1n) is 10.4. The topological polar surface area (TPSA) is 109 Å². The monoisotopic (exact) mass is 434 g/mol. The first-order chi connectivity index (χ1) is 15.0. The number of rotatable bonds is 6. The molecule has 0 radical (unpaired) electrons. The first-order valence-corrected chi connectivity index (χ1v) is 10.4. The zero-order valence-electron chi connectivity index (χ0n) is 18.0. The first kappa shape index (κ1) is 22.8. The van der Waals surface area contributed by atoms with E-state index >= 15 is 0 Å². The lowest BCUT2D eigenvalue weighted by molar-refractivity contribution is -0.141. The quantitative estimate of drug-likeness (QED) is 0.608. The Labute approximate surface area is 181 Å². The number of likely N-dealkylation sites (tertiary alicyclic amines) is 1. The molecular weight excluding hydrogens is 404 g/mol. The standard InChI is InChI=1S/C21H30N4O6/c1-29-17-4-3-16(13-18(17)30-2)20(27)23-22-19(26)14-24-7-5-15(6-8-24)21(28)25-9-11-31-12-10-25/h3-4,13,15H,5-12,14H2,1-2H3,(H,22,26)(H,23,27). The second-order valence-electron chi connectivity index (χ2n) is 7.56. The van der Waals surface area contributed by atoms with E-state index in [2.05, 4.69) is 10.9 Å². The van der Waals surface area contributed by atoms with Gasteiger partial charge in [0.2, 0.25) is 5.91 Å². The fourth-order valence-corrected chi connectivity index (χ4v) is 3.80. The number of hydrazine groups is 1. The summed E-state index contributed by atoms with van der Waals surface area (Å²) in [6.45, 7) is 3.99. The summed E-state index contributed by atoms with van der Waals surface area (Å²) >= 11 is 0. The van der Waals surface area contributed by atoms with Gasteiger partial charge in [-0.25, -0.2) is 0 Å². The average molecular weight is 434 g/mol. The van der Waals surface area contributed by atoms with Crippen molar-refractivity contribution in [2.75, 3.05) is 60.2 Å². The summed E-state index contributed by atoms with van der Waals surface area (Å²) in [6, 6.07) is 4.74. The highest BCUT2D eigenvalue weighted by atomic mass is 16.5. The second kappa shape index (κ2) is 11.0. The second-order valence-corrected chi connectivity index (χ2v) is 7.56. The molecule has 0 atom stereocenters. The lowest BCUT2D eigenvalue weighted by Crippen LogP contribution is -2.50. The molecule has 2 saturated heterocycles. The minimum Gasteiger partial charge on any atom is -0.493 e. The van der Waals surface area contributed by atoms with Crippen LogP contribution in [-0.4, -0.2) is 87.7 Å². The summed E-state index contributed by atoms with van der Waals surface area (Å²) in [5.74, 6) is 0.363. The molecule has 2 N–H and O–H groups in total. The van der Waals surface area contributed by atoms with Gasteiger partial charge in [-0.3, -0.25) is 30.1 Å². The molecule has 0 aromatic heterocycles. The molecule has 10 heteroatoms. The fourth-order valence-electron chi connectivity index (χ4n) is 3.80. The van der Waals surface area contributed by atoms with Gasteiger partial charge in [0.25, 0.3) is 11.8 Å². The van der Waals surface area contributed by atoms with E-state index < -0.39 is 5.91 Å². The van der Waals surface area contributed by atoms with Gasteiger partial charge in [0, 0.05) is 24.6 Å². The molecule has 1 aromatic carbocycles. The maximum absolute atomic E-state index is 12.6. The van der Waals surface area contributed by atoms with Crippen molar-refractivity contribution >= 4 is 17.7 Å². The number of ether oxygens (including phenoxy) is 3. The summed E-state index contributed by atoms with van der Waals surface area (Å²) in [6.07, 6.45) is 1.45.